The molecule has 31 heavy (non-hydrogen) atoms. The van der Waals surface area contributed by atoms with E-state index in [0.717, 1.165) is 32.1 Å². The zero-order chi connectivity index (χ0) is 21.6. The van der Waals surface area contributed by atoms with Crippen molar-refractivity contribution in [2.24, 2.45) is 5.92 Å². The number of benzene rings is 1. The van der Waals surface area contributed by atoms with Gasteiger partial charge in [-0.2, -0.15) is 4.31 Å². The molecule has 10 heteroatoms. The van der Waals surface area contributed by atoms with E-state index in [0.29, 0.717) is 11.3 Å². The minimum Gasteiger partial charge on any atom is -0.497 e. The van der Waals surface area contributed by atoms with E-state index in [2.05, 4.69) is 4.98 Å². The second-order valence-electron chi connectivity index (χ2n) is 7.41. The third kappa shape index (κ3) is 5.94. The van der Waals surface area contributed by atoms with Crippen LogP contribution in [0.3, 0.4) is 0 Å². The number of methoxy groups -OCH3 is 1. The third-order valence-electron chi connectivity index (χ3n) is 5.51. The SMILES string of the molecule is COc1ccc(S(=O)(=O)N(Cc2cccnc2)[C@@H](C(=O)NO)C2CCCCC2)cc1.Cl. The second kappa shape index (κ2) is 11.4. The molecule has 0 saturated heterocycles. The molecule has 1 amide bonds. The molecule has 8 nitrogen and oxygen atoms in total. The van der Waals surface area contributed by atoms with E-state index in [1.807, 2.05) is 0 Å². The van der Waals surface area contributed by atoms with E-state index in [4.69, 9.17) is 4.74 Å². The van der Waals surface area contributed by atoms with Gasteiger partial charge in [0.25, 0.3) is 5.91 Å². The van der Waals surface area contributed by atoms with Crippen molar-refractivity contribution in [3.05, 3.63) is 54.4 Å². The van der Waals surface area contributed by atoms with E-state index in [9.17, 15) is 18.4 Å². The predicted molar refractivity (Wildman–Crippen MR) is 118 cm³/mol. The highest BCUT2D eigenvalue weighted by Crippen LogP contribution is 2.33. The second-order valence-corrected chi connectivity index (χ2v) is 9.30. The maximum Gasteiger partial charge on any atom is 0.262 e. The van der Waals surface area contributed by atoms with E-state index in [1.165, 1.54) is 23.5 Å². The van der Waals surface area contributed by atoms with Crippen molar-refractivity contribution < 1.29 is 23.2 Å². The van der Waals surface area contributed by atoms with Crippen LogP contribution in [0, 0.1) is 5.92 Å². The Balaban J connectivity index is 0.00000341. The summed E-state index contributed by atoms with van der Waals surface area (Å²) in [6.07, 6.45) is 7.51. The van der Waals surface area contributed by atoms with Gasteiger partial charge >= 0.3 is 0 Å². The van der Waals surface area contributed by atoms with Crippen molar-refractivity contribution in [1.29, 1.82) is 0 Å². The number of carbonyl (C=O) groups excluding carboxylic acids is 1. The molecule has 2 N–H and O–H groups in total. The molecule has 1 aliphatic rings. The molecule has 0 radical (unpaired) electrons. The molecule has 1 atom stereocenters. The zero-order valence-corrected chi connectivity index (χ0v) is 18.9. The van der Waals surface area contributed by atoms with Crippen LogP contribution in [0.4, 0.5) is 0 Å². The molecular weight excluding hydrogens is 442 g/mol. The highest BCUT2D eigenvalue weighted by Gasteiger charge is 2.41. The number of hydrogen-bond acceptors (Lipinski definition) is 6. The number of hydroxylamine groups is 1. The van der Waals surface area contributed by atoms with Crippen molar-refractivity contribution in [1.82, 2.24) is 14.8 Å². The Morgan fingerprint density at radius 3 is 2.45 bits per heavy atom. The molecule has 1 aromatic carbocycles. The standard InChI is InChI=1S/C21H27N3O5S.ClH/c1-29-18-9-11-19(12-10-18)30(27,28)24(15-16-6-5-13-22-14-16)20(21(25)23-26)17-7-3-2-4-8-17;/h5-6,9-14,17,20,26H,2-4,7-8,15H2,1H3,(H,23,25);1H/t20-;/m1./s1. The Morgan fingerprint density at radius 1 is 1.23 bits per heavy atom. The van der Waals surface area contributed by atoms with Crippen molar-refractivity contribution in [3.8, 4) is 5.75 Å². The normalized spacial score (nSPS) is 15.7. The molecule has 1 aliphatic carbocycles. The van der Waals surface area contributed by atoms with Gasteiger partial charge in [-0.25, -0.2) is 13.9 Å². The molecule has 3 rings (SSSR count). The monoisotopic (exact) mass is 469 g/mol. The van der Waals surface area contributed by atoms with Crippen LogP contribution in [0.25, 0.3) is 0 Å². The molecule has 1 fully saturated rings. The molecule has 0 spiro atoms. The summed E-state index contributed by atoms with van der Waals surface area (Å²) in [5.74, 6) is -0.372. The van der Waals surface area contributed by atoms with Gasteiger partial charge in [0.15, 0.2) is 0 Å². The number of nitrogens with one attached hydrogen (secondary N) is 1. The highest BCUT2D eigenvalue weighted by molar-refractivity contribution is 7.89. The van der Waals surface area contributed by atoms with E-state index < -0.39 is 22.0 Å². The van der Waals surface area contributed by atoms with Crippen LogP contribution in [0.5, 0.6) is 5.75 Å². The fourth-order valence-electron chi connectivity index (χ4n) is 3.98. The number of amides is 1. The van der Waals surface area contributed by atoms with Gasteiger partial charge in [-0.15, -0.1) is 12.4 Å². The minimum absolute atomic E-state index is 0. The van der Waals surface area contributed by atoms with Crippen molar-refractivity contribution in [3.63, 3.8) is 0 Å². The number of pyridine rings is 1. The minimum atomic E-state index is -4.05. The third-order valence-corrected chi connectivity index (χ3v) is 7.35. The van der Waals surface area contributed by atoms with Crippen LogP contribution in [-0.2, 0) is 21.4 Å². The van der Waals surface area contributed by atoms with Crippen molar-refractivity contribution in [2.45, 2.75) is 49.6 Å². The van der Waals surface area contributed by atoms with Crippen molar-refractivity contribution in [2.75, 3.05) is 7.11 Å². The topological polar surface area (TPSA) is 109 Å². The van der Waals surface area contributed by atoms with E-state index in [1.54, 1.807) is 42.1 Å². The molecule has 1 heterocycles. The van der Waals surface area contributed by atoms with Gasteiger partial charge in [0.05, 0.1) is 12.0 Å². The van der Waals surface area contributed by atoms with E-state index >= 15 is 0 Å². The summed E-state index contributed by atoms with van der Waals surface area (Å²) >= 11 is 0. The molecule has 1 saturated carbocycles. The van der Waals surface area contributed by atoms with Gasteiger partial charge in [-0.1, -0.05) is 25.3 Å². The fourth-order valence-corrected chi connectivity index (χ4v) is 5.62. The zero-order valence-electron chi connectivity index (χ0n) is 17.3. The Bertz CT molecular complexity index is 935. The predicted octanol–water partition coefficient (Wildman–Crippen LogP) is 3.16. The van der Waals surface area contributed by atoms with Crippen LogP contribution >= 0.6 is 12.4 Å². The first-order chi connectivity index (χ1) is 14.5. The lowest BCUT2D eigenvalue weighted by molar-refractivity contribution is -0.135. The first-order valence-corrected chi connectivity index (χ1v) is 11.4. The summed E-state index contributed by atoms with van der Waals surface area (Å²) in [7, 11) is -2.55. The molecule has 0 bridgehead atoms. The Labute approximate surface area is 189 Å². The summed E-state index contributed by atoms with van der Waals surface area (Å²) in [6.45, 7) is -0.0310. The molecule has 1 aromatic heterocycles. The van der Waals surface area contributed by atoms with Gasteiger partial charge < -0.3 is 4.74 Å². The first kappa shape index (κ1) is 25.1. The lowest BCUT2D eigenvalue weighted by atomic mass is 9.83. The molecule has 0 aliphatic heterocycles. The first-order valence-electron chi connectivity index (χ1n) is 9.96. The van der Waals surface area contributed by atoms with Gasteiger partial charge in [0.1, 0.15) is 11.8 Å². The van der Waals surface area contributed by atoms with Gasteiger partial charge in [-0.05, 0) is 54.7 Å². The lowest BCUT2D eigenvalue weighted by Gasteiger charge is -2.36. The van der Waals surface area contributed by atoms with Crippen LogP contribution in [0.2, 0.25) is 0 Å². The molecule has 2 aromatic rings. The number of hydrogen-bond donors (Lipinski definition) is 2. The molecular formula is C21H28ClN3O5S. The summed E-state index contributed by atoms with van der Waals surface area (Å²) in [6, 6.07) is 8.50. The maximum atomic E-state index is 13.6. The fraction of sp³-hybridized carbons (Fsp3) is 0.429. The number of sulfonamides is 1. The maximum absolute atomic E-state index is 13.6. The number of aromatic nitrogens is 1. The summed E-state index contributed by atoms with van der Waals surface area (Å²) in [5, 5.41) is 9.41. The van der Waals surface area contributed by atoms with Gasteiger partial charge in [0, 0.05) is 18.9 Å². The average molecular weight is 470 g/mol. The Morgan fingerprint density at radius 2 is 1.90 bits per heavy atom. The summed E-state index contributed by atoms with van der Waals surface area (Å²) < 4.78 is 33.6. The van der Waals surface area contributed by atoms with Crippen molar-refractivity contribution >= 4 is 28.3 Å². The number of ether oxygens (including phenoxy) is 1. The molecule has 0 unspecified atom stereocenters. The molecule has 170 valence electrons. The summed E-state index contributed by atoms with van der Waals surface area (Å²) in [5.41, 5.74) is 2.34. The smallest absolute Gasteiger partial charge is 0.262 e. The largest absolute Gasteiger partial charge is 0.497 e. The van der Waals surface area contributed by atoms with Gasteiger partial charge in [-0.3, -0.25) is 15.0 Å². The average Bonchev–Trinajstić information content (AvgIpc) is 2.80. The van der Waals surface area contributed by atoms with Crippen LogP contribution in [0.1, 0.15) is 37.7 Å². The number of nitrogens with zero attached hydrogens (tertiary/aromatic N) is 2. The van der Waals surface area contributed by atoms with Crippen LogP contribution in [-0.4, -0.2) is 42.0 Å². The van der Waals surface area contributed by atoms with Gasteiger partial charge in [0.2, 0.25) is 10.0 Å². The highest BCUT2D eigenvalue weighted by atomic mass is 35.5. The Hall–Kier alpha value is -2.20. The van der Waals surface area contributed by atoms with Crippen LogP contribution in [0.15, 0.2) is 53.7 Å². The summed E-state index contributed by atoms with van der Waals surface area (Å²) in [4.78, 5) is 16.8. The Kier molecular flexibility index (Phi) is 9.24. The number of carbonyl (C=O) groups is 1. The van der Waals surface area contributed by atoms with E-state index in [-0.39, 0.29) is 29.8 Å². The quantitative estimate of drug-likeness (QED) is 0.454. The number of halogens is 1. The lowest BCUT2D eigenvalue weighted by Crippen LogP contribution is -2.52. The number of rotatable bonds is 8. The van der Waals surface area contributed by atoms with Crippen LogP contribution < -0.4 is 10.2 Å².